The van der Waals surface area contributed by atoms with Crippen molar-refractivity contribution in [1.82, 2.24) is 95.3 Å². The summed E-state index contributed by atoms with van der Waals surface area (Å²) in [6.07, 6.45) is 1.23. The van der Waals surface area contributed by atoms with Gasteiger partial charge in [-0.25, -0.2) is 4.79 Å². The van der Waals surface area contributed by atoms with E-state index in [-0.39, 0.29) is 107 Å². The Morgan fingerprint density at radius 1 is 0.475 bits per heavy atom. The Morgan fingerprint density at radius 3 is 1.33 bits per heavy atom. The van der Waals surface area contributed by atoms with Crippen molar-refractivity contribution < 1.29 is 121 Å². The molecule has 0 aromatic rings. The number of rotatable bonds is 56. The second kappa shape index (κ2) is 62.6. The number of hydrogen-bond acceptors (Lipinski definition) is 27. The van der Waals surface area contributed by atoms with Gasteiger partial charge in [0.25, 0.3) is 11.8 Å². The predicted molar refractivity (Wildman–Crippen MR) is 511 cm³/mol. The van der Waals surface area contributed by atoms with Crippen molar-refractivity contribution in [2.45, 2.75) is 357 Å². The topological polar surface area (TPSA) is 717 Å². The van der Waals surface area contributed by atoms with Crippen LogP contribution in [0, 0.1) is 47.3 Å². The number of aliphatic hydroxyl groups is 4. The van der Waals surface area contributed by atoms with E-state index in [1.165, 1.54) is 31.7 Å². The smallest absolute Gasteiger partial charge is 0.328 e. The summed E-state index contributed by atoms with van der Waals surface area (Å²) in [5.74, 6) is -23.7. The van der Waals surface area contributed by atoms with E-state index in [4.69, 9.17) is 21.9 Å². The lowest BCUT2D eigenvalue weighted by Crippen LogP contribution is -2.63. The van der Waals surface area contributed by atoms with Crippen molar-refractivity contribution in [3.05, 3.63) is 23.5 Å². The van der Waals surface area contributed by atoms with Gasteiger partial charge in [0.15, 0.2) is 0 Å². The fourth-order valence-corrected chi connectivity index (χ4v) is 15.2. The molecule has 0 aliphatic carbocycles. The number of nitrogens with zero attached hydrogens (tertiary/aromatic N) is 1. The molecule has 0 saturated carbocycles. The number of amides is 19. The number of unbranched alkanes of at least 4 members (excludes halogenated alkanes) is 2. The van der Waals surface area contributed by atoms with Crippen LogP contribution in [0.5, 0.6) is 0 Å². The number of carbonyl (C=O) groups excluding carboxylic acids is 20. The van der Waals surface area contributed by atoms with Gasteiger partial charge in [-0.05, 0) is 158 Å². The summed E-state index contributed by atoms with van der Waals surface area (Å²) >= 11 is 0. The minimum Gasteiger partial charge on any atom is -0.458 e. The Balaban J connectivity index is 2.46. The molecule has 0 aromatic carbocycles. The van der Waals surface area contributed by atoms with Crippen LogP contribution in [0.15, 0.2) is 23.5 Å². The maximum atomic E-state index is 14.7. The molecule has 2 heterocycles. The largest absolute Gasteiger partial charge is 0.458 e. The third kappa shape index (κ3) is 41.9. The average Bonchev–Trinajstić information content (AvgIpc) is 1.75. The molecule has 19 atom stereocenters. The molecule has 0 unspecified atom stereocenters. The Bertz CT molecular complexity index is 4200. The van der Waals surface area contributed by atoms with Crippen LogP contribution in [0.3, 0.4) is 0 Å². The van der Waals surface area contributed by atoms with Crippen molar-refractivity contribution in [3.63, 3.8) is 0 Å². The van der Waals surface area contributed by atoms with Gasteiger partial charge < -0.3 is 138 Å². The number of esters is 1. The molecule has 27 N–H and O–H groups in total. The van der Waals surface area contributed by atoms with Crippen molar-refractivity contribution in [2.75, 3.05) is 39.5 Å². The molecule has 2 aliphatic rings. The van der Waals surface area contributed by atoms with Crippen molar-refractivity contribution in [3.8, 4) is 0 Å². The summed E-state index contributed by atoms with van der Waals surface area (Å²) in [5.41, 5.74) is 16.5. The van der Waals surface area contributed by atoms with Crippen LogP contribution in [0.1, 0.15) is 248 Å². The Kier molecular flexibility index (Phi) is 55.7. The van der Waals surface area contributed by atoms with Crippen LogP contribution < -0.4 is 108 Å². The first kappa shape index (κ1) is 124. The zero-order valence-corrected chi connectivity index (χ0v) is 84.5. The average molecular weight is 1970 g/mol. The lowest BCUT2D eigenvalue weighted by Gasteiger charge is -2.32. The molecule has 46 nitrogen and oxygen atoms in total. The SMILES string of the molecule is C/C=C(/NC(=O)[C@@H](NC(=O)[C@@H](CC(C)C)NC(=O)[C@@H](CCC(N)=O)NC(=O)[C@H](NC(=O)[C@@H](NC(=O)[C@@H](CC(C)C)NC(=O)[C@H](CO)NC(=O)[C@H](NC(=O)[C@H](CC(C)C)NC(=O)[C@@H](CO)NC(=O)[C@@H]1CCCN1C(=O)/C(=C\C)NC(=O)C[C@@H](O)CCCC)C(C)C)C(C)C)C(C)C)C(C)C)C(=O)N[C@@H]1C(=O)N[C@@H]([C@@H](C)CC)C(=O)N[C@@H](CCO)C(=O)N[C@H](CCN)C(=O)N[C@H](CCCCN)C(=O)O[C@@H]1C. The molecule has 0 spiro atoms. The Hall–Kier alpha value is -11.4. The highest BCUT2D eigenvalue weighted by atomic mass is 16.5. The molecule has 19 amide bonds. The maximum Gasteiger partial charge on any atom is 0.328 e. The minimum atomic E-state index is -1.89. The second-order valence-corrected chi connectivity index (χ2v) is 38.2. The highest BCUT2D eigenvalue weighted by Crippen LogP contribution is 2.23. The lowest BCUT2D eigenvalue weighted by molar-refractivity contribution is -0.156. The van der Waals surface area contributed by atoms with Crippen LogP contribution in [-0.4, -0.2) is 292 Å². The van der Waals surface area contributed by atoms with Crippen molar-refractivity contribution in [2.24, 2.45) is 64.5 Å². The van der Waals surface area contributed by atoms with Gasteiger partial charge in [-0.3, -0.25) is 91.1 Å². The van der Waals surface area contributed by atoms with E-state index in [0.29, 0.717) is 25.7 Å². The Labute approximate surface area is 815 Å². The van der Waals surface area contributed by atoms with E-state index >= 15 is 0 Å². The third-order valence-corrected chi connectivity index (χ3v) is 23.5. The number of aliphatic hydroxyl groups excluding tert-OH is 4. The first-order valence-corrected chi connectivity index (χ1v) is 48.5. The number of hydrogen-bond donors (Lipinski definition) is 24. The normalized spacial score (nSPS) is 20.1. The summed E-state index contributed by atoms with van der Waals surface area (Å²) in [4.78, 5) is 284. The molecule has 0 radical (unpaired) electrons. The summed E-state index contributed by atoms with van der Waals surface area (Å²) < 4.78 is 5.83. The van der Waals surface area contributed by atoms with Crippen LogP contribution in [-0.2, 0) is 101 Å². The predicted octanol–water partition coefficient (Wildman–Crippen LogP) is -3.91. The fourth-order valence-electron chi connectivity index (χ4n) is 15.2. The summed E-state index contributed by atoms with van der Waals surface area (Å²) in [6, 6.07) is -24.2. The molecule has 2 saturated heterocycles. The molecular formula is C93H161N21O25. The molecule has 788 valence electrons. The molecular weight excluding hydrogens is 1810 g/mol. The first-order valence-electron chi connectivity index (χ1n) is 48.5. The molecule has 2 aliphatic heterocycles. The quantitative estimate of drug-likeness (QED) is 0.0157. The van der Waals surface area contributed by atoms with Crippen molar-refractivity contribution >= 4 is 118 Å². The number of nitrogens with one attached hydrogen (secondary N) is 17. The highest BCUT2D eigenvalue weighted by Gasteiger charge is 2.44. The van der Waals surface area contributed by atoms with Crippen LogP contribution in [0.2, 0.25) is 0 Å². The minimum absolute atomic E-state index is 0.0438. The van der Waals surface area contributed by atoms with Crippen LogP contribution in [0.4, 0.5) is 0 Å². The van der Waals surface area contributed by atoms with Gasteiger partial charge in [-0.2, -0.15) is 0 Å². The van der Waals surface area contributed by atoms with E-state index in [9.17, 15) is 116 Å². The molecule has 2 rings (SSSR count). The van der Waals surface area contributed by atoms with E-state index in [1.807, 2.05) is 6.92 Å². The van der Waals surface area contributed by atoms with Gasteiger partial charge in [0, 0.05) is 19.6 Å². The van der Waals surface area contributed by atoms with Gasteiger partial charge >= 0.3 is 5.97 Å². The van der Waals surface area contributed by atoms with E-state index < -0.39 is 295 Å². The van der Waals surface area contributed by atoms with Crippen molar-refractivity contribution in [1.29, 1.82) is 0 Å². The van der Waals surface area contributed by atoms with Crippen LogP contribution >= 0.6 is 0 Å². The van der Waals surface area contributed by atoms with Gasteiger partial charge in [-0.15, -0.1) is 0 Å². The molecule has 0 bridgehead atoms. The molecule has 139 heavy (non-hydrogen) atoms. The lowest BCUT2D eigenvalue weighted by atomic mass is 9.96. The summed E-state index contributed by atoms with van der Waals surface area (Å²) in [5, 5.41) is 84.8. The highest BCUT2D eigenvalue weighted by molar-refractivity contribution is 6.05. The maximum absolute atomic E-state index is 14.7. The zero-order valence-electron chi connectivity index (χ0n) is 84.5. The number of cyclic esters (lactones) is 1. The molecule has 46 heteroatoms. The van der Waals surface area contributed by atoms with Crippen LogP contribution in [0.25, 0.3) is 0 Å². The van der Waals surface area contributed by atoms with E-state index in [0.717, 1.165) is 12.5 Å². The van der Waals surface area contributed by atoms with Gasteiger partial charge in [-0.1, -0.05) is 149 Å². The monoisotopic (exact) mass is 1970 g/mol. The number of allylic oxidation sites excluding steroid dienone is 2. The van der Waals surface area contributed by atoms with Gasteiger partial charge in [0.05, 0.1) is 25.7 Å². The second-order valence-electron chi connectivity index (χ2n) is 38.2. The number of likely N-dealkylation sites (tertiary alicyclic amines) is 1. The van der Waals surface area contributed by atoms with Gasteiger partial charge in [0.2, 0.25) is 100 Å². The standard InChI is InChI=1S/C93H161N21O25/c1-21-25-29-55(118)43-69(120)97-57(24-4)92(137)114-38-28-31-67(114)85(130)106-65(44-116)83(128)104-63(41-47(7)8)81(126)109-71(50(13)14)88(133)107-66(45-117)84(129)105-64(42-48(9)10)82(127)110-73(52(17)18)89(134)111-72(51(15)16)87(132)100-58(32-33-68(96)119)77(122)103-62(40-46(5)6)80(125)108-70(49(11)12)86(131)98-56(23-3)76(121)113-75-54(20)139-93(138)61(30-26-27-36-94)102-78(123)59(34-37-95)99-79(124)60(35-39-115)101-90(135)74(53(19)22-2)112-91(75)136/h23-24,46-55,58-67,70-75,115-118H,21-22,25-45,94-95H2,1-20H3,(H2,96,119)(H,97,120)(H,98,131)(H,99,124)(H,100,132)(H,101,135)(H,102,123)(H,103,122)(H,104,128)(H,105,129)(H,106,130)(H,107,133)(H,108,125)(H,109,126)(H,110,127)(H,111,134)(H,112,136)(H,113,121)/b56-23+,57-24+/t53-,54+,55-,58+,59+,60-,61+,62+,63-,64+,65+,66-,67-,70-,71+,72+,73-,74-,75-/m0/s1. The fraction of sp³-hybridized carbons (Fsp3) is 0.742. The van der Waals surface area contributed by atoms with Gasteiger partial charge in [0.1, 0.15) is 114 Å². The summed E-state index contributed by atoms with van der Waals surface area (Å²) in [6.45, 7) is 29.6. The summed E-state index contributed by atoms with van der Waals surface area (Å²) in [7, 11) is 0. The van der Waals surface area contributed by atoms with E-state index in [1.54, 1.807) is 111 Å². The Morgan fingerprint density at radius 2 is 0.899 bits per heavy atom. The number of ether oxygens (including phenoxy) is 1. The first-order chi connectivity index (χ1) is 65.2. The third-order valence-electron chi connectivity index (χ3n) is 23.5. The zero-order chi connectivity index (χ0) is 106. The van der Waals surface area contributed by atoms with E-state index in [2.05, 4.69) is 90.4 Å². The molecule has 2 fully saturated rings. The molecule has 0 aromatic heterocycles. The number of primary amides is 1. The number of carbonyl (C=O) groups is 20. The number of nitrogens with two attached hydrogens (primary N) is 3.